The Labute approximate surface area is 175 Å². The highest BCUT2D eigenvalue weighted by Gasteiger charge is 2.30. The zero-order valence-electron chi connectivity index (χ0n) is 18.4. The van der Waals surface area contributed by atoms with Gasteiger partial charge in [-0.3, -0.25) is 9.69 Å². The van der Waals surface area contributed by atoms with Gasteiger partial charge in [-0.15, -0.1) is 0 Å². The van der Waals surface area contributed by atoms with E-state index in [0.717, 1.165) is 37.9 Å². The number of methoxy groups -OCH3 is 1. The number of nitrogens with one attached hydrogen (secondary N) is 1. The molecule has 29 heavy (non-hydrogen) atoms. The van der Waals surface area contributed by atoms with E-state index >= 15 is 0 Å². The Kier molecular flexibility index (Phi) is 9.24. The predicted molar refractivity (Wildman–Crippen MR) is 115 cm³/mol. The minimum Gasteiger partial charge on any atom is -0.507 e. The Balaban J connectivity index is 1.89. The van der Waals surface area contributed by atoms with E-state index in [9.17, 15) is 15.0 Å². The van der Waals surface area contributed by atoms with Crippen molar-refractivity contribution >= 4 is 5.91 Å². The molecular formula is C23H38N2O4. The molecule has 0 bridgehead atoms. The molecule has 2 rings (SSSR count). The molecular weight excluding hydrogens is 368 g/mol. The average Bonchev–Trinajstić information content (AvgIpc) is 2.69. The second-order valence-corrected chi connectivity index (χ2v) is 8.73. The van der Waals surface area contributed by atoms with Crippen LogP contribution in [0, 0.1) is 17.8 Å². The Morgan fingerprint density at radius 1 is 1.34 bits per heavy atom. The summed E-state index contributed by atoms with van der Waals surface area (Å²) < 4.78 is 5.15. The number of carbonyl (C=O) groups is 1. The maximum Gasteiger partial charge on any atom is 0.220 e. The molecule has 1 aliphatic heterocycles. The minimum atomic E-state index is -0.152. The third-order valence-corrected chi connectivity index (χ3v) is 5.98. The fraction of sp³-hybridized carbons (Fsp3) is 0.696. The van der Waals surface area contributed by atoms with E-state index in [1.165, 1.54) is 0 Å². The summed E-state index contributed by atoms with van der Waals surface area (Å²) in [4.78, 5) is 14.9. The second kappa shape index (κ2) is 11.4. The molecule has 6 nitrogen and oxygen atoms in total. The van der Waals surface area contributed by atoms with Gasteiger partial charge in [0.05, 0.1) is 19.8 Å². The summed E-state index contributed by atoms with van der Waals surface area (Å²) in [5.41, 5.74) is 0.899. The molecule has 1 amide bonds. The van der Waals surface area contributed by atoms with Crippen molar-refractivity contribution in [1.82, 2.24) is 10.2 Å². The van der Waals surface area contributed by atoms with Gasteiger partial charge >= 0.3 is 0 Å². The number of likely N-dealkylation sites (tertiary alicyclic amines) is 1. The zero-order valence-corrected chi connectivity index (χ0v) is 18.4. The van der Waals surface area contributed by atoms with Gasteiger partial charge in [0.1, 0.15) is 11.5 Å². The molecule has 0 saturated carbocycles. The van der Waals surface area contributed by atoms with Crippen LogP contribution in [0.5, 0.6) is 11.5 Å². The van der Waals surface area contributed by atoms with Crippen LogP contribution in [0.15, 0.2) is 18.2 Å². The molecule has 1 aromatic carbocycles. The smallest absolute Gasteiger partial charge is 0.220 e. The maximum atomic E-state index is 12.5. The van der Waals surface area contributed by atoms with Gasteiger partial charge in [0.2, 0.25) is 5.91 Å². The molecule has 1 saturated heterocycles. The summed E-state index contributed by atoms with van der Waals surface area (Å²) in [7, 11) is 1.59. The maximum absolute atomic E-state index is 12.5. The van der Waals surface area contributed by atoms with Crippen LogP contribution < -0.4 is 10.1 Å². The van der Waals surface area contributed by atoms with Crippen LogP contribution in [0.2, 0.25) is 0 Å². The van der Waals surface area contributed by atoms with Gasteiger partial charge < -0.3 is 20.3 Å². The van der Waals surface area contributed by atoms with E-state index in [-0.39, 0.29) is 24.3 Å². The summed E-state index contributed by atoms with van der Waals surface area (Å²) in [6.07, 6.45) is 3.31. The number of rotatable bonds is 10. The van der Waals surface area contributed by atoms with E-state index in [1.54, 1.807) is 13.2 Å². The SMILES string of the molecule is CCC1CN(Cc2ccc(OC)cc2O)CCC1CC(=O)NC(CO)CC(C)C. The summed E-state index contributed by atoms with van der Waals surface area (Å²) in [6, 6.07) is 5.29. The Morgan fingerprint density at radius 3 is 2.69 bits per heavy atom. The molecule has 0 aliphatic carbocycles. The Hall–Kier alpha value is -1.79. The van der Waals surface area contributed by atoms with Gasteiger partial charge in [0.15, 0.2) is 0 Å². The lowest BCUT2D eigenvalue weighted by Gasteiger charge is -2.38. The molecule has 0 spiro atoms. The highest BCUT2D eigenvalue weighted by molar-refractivity contribution is 5.76. The van der Waals surface area contributed by atoms with Crippen molar-refractivity contribution in [3.8, 4) is 11.5 Å². The average molecular weight is 407 g/mol. The number of ether oxygens (including phenoxy) is 1. The van der Waals surface area contributed by atoms with Crippen LogP contribution in [0.1, 0.15) is 52.0 Å². The number of hydrogen-bond donors (Lipinski definition) is 3. The number of aliphatic hydroxyl groups is 1. The summed E-state index contributed by atoms with van der Waals surface area (Å²) >= 11 is 0. The number of benzene rings is 1. The normalized spacial score (nSPS) is 21.2. The van der Waals surface area contributed by atoms with Crippen molar-refractivity contribution in [2.75, 3.05) is 26.8 Å². The van der Waals surface area contributed by atoms with Crippen molar-refractivity contribution in [1.29, 1.82) is 0 Å². The van der Waals surface area contributed by atoms with E-state index in [2.05, 4.69) is 31.0 Å². The number of piperidine rings is 1. The molecule has 1 aliphatic rings. The van der Waals surface area contributed by atoms with E-state index in [1.807, 2.05) is 12.1 Å². The van der Waals surface area contributed by atoms with Crippen molar-refractivity contribution in [3.63, 3.8) is 0 Å². The third kappa shape index (κ3) is 7.19. The largest absolute Gasteiger partial charge is 0.507 e. The molecule has 1 fully saturated rings. The first kappa shape index (κ1) is 23.5. The van der Waals surface area contributed by atoms with Crippen LogP contribution in [-0.2, 0) is 11.3 Å². The molecule has 1 aromatic rings. The fourth-order valence-electron chi connectivity index (χ4n) is 4.35. The van der Waals surface area contributed by atoms with E-state index in [0.29, 0.717) is 36.5 Å². The van der Waals surface area contributed by atoms with Gasteiger partial charge in [-0.1, -0.05) is 33.3 Å². The number of nitrogens with zero attached hydrogens (tertiary/aromatic N) is 1. The first-order chi connectivity index (χ1) is 13.9. The quantitative estimate of drug-likeness (QED) is 0.556. The summed E-state index contributed by atoms with van der Waals surface area (Å²) in [6.45, 7) is 8.90. The van der Waals surface area contributed by atoms with Gasteiger partial charge in [0, 0.05) is 31.1 Å². The van der Waals surface area contributed by atoms with Crippen LogP contribution >= 0.6 is 0 Å². The lowest BCUT2D eigenvalue weighted by atomic mass is 9.81. The molecule has 0 aromatic heterocycles. The minimum absolute atomic E-state index is 0.00900. The number of phenols is 1. The molecule has 3 unspecified atom stereocenters. The Bertz CT molecular complexity index is 650. The first-order valence-corrected chi connectivity index (χ1v) is 10.8. The molecule has 1 heterocycles. The van der Waals surface area contributed by atoms with Crippen molar-refractivity contribution < 1.29 is 19.7 Å². The highest BCUT2D eigenvalue weighted by atomic mass is 16.5. The van der Waals surface area contributed by atoms with Gasteiger partial charge in [0.25, 0.3) is 0 Å². The second-order valence-electron chi connectivity index (χ2n) is 8.73. The standard InChI is InChI=1S/C23H38N2O4/c1-5-17-13-25(14-19-6-7-21(29-4)12-22(19)27)9-8-18(17)11-23(28)24-20(15-26)10-16(2)3/h6-7,12,16-18,20,26-27H,5,8-11,13-15H2,1-4H3,(H,24,28). The third-order valence-electron chi connectivity index (χ3n) is 5.98. The van der Waals surface area contributed by atoms with Gasteiger partial charge in [-0.05, 0) is 43.2 Å². The fourth-order valence-corrected chi connectivity index (χ4v) is 4.35. The molecule has 6 heteroatoms. The van der Waals surface area contributed by atoms with Crippen molar-refractivity contribution in [3.05, 3.63) is 23.8 Å². The number of carbonyl (C=O) groups excluding carboxylic acids is 1. The van der Waals surface area contributed by atoms with Crippen LogP contribution in [0.3, 0.4) is 0 Å². The topological polar surface area (TPSA) is 82.0 Å². The molecule has 0 radical (unpaired) electrons. The van der Waals surface area contributed by atoms with Gasteiger partial charge in [-0.25, -0.2) is 0 Å². The summed E-state index contributed by atoms with van der Waals surface area (Å²) in [5.74, 6) is 2.22. The molecule has 3 N–H and O–H groups in total. The van der Waals surface area contributed by atoms with Crippen LogP contribution in [0.4, 0.5) is 0 Å². The first-order valence-electron chi connectivity index (χ1n) is 10.8. The van der Waals surface area contributed by atoms with Crippen LogP contribution in [-0.4, -0.2) is 53.9 Å². The number of aromatic hydroxyl groups is 1. The number of amides is 1. The molecule has 3 atom stereocenters. The monoisotopic (exact) mass is 406 g/mol. The van der Waals surface area contributed by atoms with Gasteiger partial charge in [-0.2, -0.15) is 0 Å². The highest BCUT2D eigenvalue weighted by Crippen LogP contribution is 2.31. The number of phenolic OH excluding ortho intramolecular Hbond substituents is 1. The predicted octanol–water partition coefficient (Wildman–Crippen LogP) is 3.16. The van der Waals surface area contributed by atoms with Crippen molar-refractivity contribution in [2.45, 2.75) is 59.0 Å². The van der Waals surface area contributed by atoms with Crippen LogP contribution in [0.25, 0.3) is 0 Å². The number of aliphatic hydroxyl groups excluding tert-OH is 1. The van der Waals surface area contributed by atoms with Crippen molar-refractivity contribution in [2.24, 2.45) is 17.8 Å². The lowest BCUT2D eigenvalue weighted by molar-refractivity contribution is -0.124. The zero-order chi connectivity index (χ0) is 21.4. The van der Waals surface area contributed by atoms with E-state index in [4.69, 9.17) is 4.74 Å². The lowest BCUT2D eigenvalue weighted by Crippen LogP contribution is -2.43. The number of hydrogen-bond acceptors (Lipinski definition) is 5. The Morgan fingerprint density at radius 2 is 2.10 bits per heavy atom. The van der Waals surface area contributed by atoms with E-state index < -0.39 is 0 Å². The summed E-state index contributed by atoms with van der Waals surface area (Å²) in [5, 5.41) is 22.8. The molecule has 164 valence electrons.